The van der Waals surface area contributed by atoms with Crippen molar-refractivity contribution in [2.24, 2.45) is 5.92 Å². The molecule has 0 spiro atoms. The number of hydrogen-bond acceptors (Lipinski definition) is 4. The van der Waals surface area contributed by atoms with Crippen molar-refractivity contribution >= 4 is 27.5 Å². The van der Waals surface area contributed by atoms with E-state index in [2.05, 4.69) is 43.1 Å². The number of hydrogen-bond donors (Lipinski definition) is 1. The van der Waals surface area contributed by atoms with Crippen LogP contribution in [0.2, 0.25) is 0 Å². The lowest BCUT2D eigenvalue weighted by Crippen LogP contribution is -2.27. The van der Waals surface area contributed by atoms with Gasteiger partial charge in [-0.25, -0.2) is 9.67 Å². The molecule has 0 atom stereocenters. The van der Waals surface area contributed by atoms with Crippen molar-refractivity contribution in [3.8, 4) is 5.13 Å². The van der Waals surface area contributed by atoms with E-state index in [1.165, 1.54) is 0 Å². The van der Waals surface area contributed by atoms with Gasteiger partial charge < -0.3 is 5.32 Å². The fraction of sp³-hybridized carbons (Fsp3) is 0.389. The van der Waals surface area contributed by atoms with Crippen molar-refractivity contribution < 1.29 is 4.79 Å². The topological polar surface area (TPSA) is 59.8 Å². The van der Waals surface area contributed by atoms with Gasteiger partial charge >= 0.3 is 0 Å². The number of amides is 1. The molecule has 0 aliphatic rings. The van der Waals surface area contributed by atoms with Crippen LogP contribution < -0.4 is 5.32 Å². The lowest BCUT2D eigenvalue weighted by atomic mass is 10.1. The van der Waals surface area contributed by atoms with Gasteiger partial charge in [0, 0.05) is 6.54 Å². The van der Waals surface area contributed by atoms with Gasteiger partial charge in [-0.15, -0.1) is 0 Å². The number of aromatic nitrogens is 3. The summed E-state index contributed by atoms with van der Waals surface area (Å²) in [6.45, 7) is 8.97. The Labute approximate surface area is 145 Å². The smallest absolute Gasteiger partial charge is 0.271 e. The van der Waals surface area contributed by atoms with Gasteiger partial charge in [0.1, 0.15) is 0 Å². The normalized spacial score (nSPS) is 11.6. The van der Waals surface area contributed by atoms with E-state index in [0.717, 1.165) is 21.0 Å². The molecule has 2 heterocycles. The molecule has 3 rings (SSSR count). The average molecular weight is 342 g/mol. The van der Waals surface area contributed by atoms with Gasteiger partial charge in [0.2, 0.25) is 5.13 Å². The molecule has 0 radical (unpaired) electrons. The van der Waals surface area contributed by atoms with E-state index in [-0.39, 0.29) is 11.8 Å². The maximum absolute atomic E-state index is 12.3. The Morgan fingerprint density at radius 1 is 1.25 bits per heavy atom. The third-order valence-electron chi connectivity index (χ3n) is 3.70. The van der Waals surface area contributed by atoms with Gasteiger partial charge in [0.05, 0.1) is 15.9 Å². The second-order valence-corrected chi connectivity index (χ2v) is 7.60. The van der Waals surface area contributed by atoms with Crippen LogP contribution in [0, 0.1) is 5.92 Å². The highest BCUT2D eigenvalue weighted by molar-refractivity contribution is 7.20. The number of thiazole rings is 1. The van der Waals surface area contributed by atoms with Gasteiger partial charge in [0.15, 0.2) is 5.69 Å². The largest absolute Gasteiger partial charge is 0.350 e. The first kappa shape index (κ1) is 16.6. The summed E-state index contributed by atoms with van der Waals surface area (Å²) < 4.78 is 2.92. The number of para-hydroxylation sites is 1. The van der Waals surface area contributed by atoms with Crippen LogP contribution in [-0.2, 0) is 0 Å². The van der Waals surface area contributed by atoms with Crippen molar-refractivity contribution in [2.45, 2.75) is 33.6 Å². The molecule has 6 heteroatoms. The zero-order valence-corrected chi connectivity index (χ0v) is 15.2. The van der Waals surface area contributed by atoms with Gasteiger partial charge in [0.25, 0.3) is 5.91 Å². The van der Waals surface area contributed by atoms with E-state index in [1.807, 2.05) is 30.3 Å². The van der Waals surface area contributed by atoms with Crippen LogP contribution in [0.5, 0.6) is 0 Å². The van der Waals surface area contributed by atoms with Crippen LogP contribution in [-0.4, -0.2) is 27.2 Å². The monoisotopic (exact) mass is 342 g/mol. The maximum Gasteiger partial charge on any atom is 0.271 e. The number of carbonyl (C=O) groups excluding carboxylic acids is 1. The van der Waals surface area contributed by atoms with E-state index in [4.69, 9.17) is 0 Å². The van der Waals surface area contributed by atoms with Crippen LogP contribution in [0.15, 0.2) is 30.3 Å². The predicted molar refractivity (Wildman–Crippen MR) is 98.0 cm³/mol. The third-order valence-corrected chi connectivity index (χ3v) is 4.71. The second kappa shape index (κ2) is 6.73. The molecule has 3 aromatic rings. The van der Waals surface area contributed by atoms with Crippen LogP contribution in [0.4, 0.5) is 0 Å². The maximum atomic E-state index is 12.3. The molecule has 1 N–H and O–H groups in total. The number of rotatable bonds is 5. The molecule has 0 bridgehead atoms. The van der Waals surface area contributed by atoms with E-state index in [1.54, 1.807) is 16.0 Å². The highest BCUT2D eigenvalue weighted by Gasteiger charge is 2.19. The standard InChI is InChI=1S/C18H22N4OS/c1-11(2)10-19-17(23)14-9-15(12(3)4)22(21-14)18-20-13-7-5-6-8-16(13)24-18/h5-9,11-12H,10H2,1-4H3,(H,19,23). The molecule has 0 unspecified atom stereocenters. The molecule has 0 aliphatic carbocycles. The van der Waals surface area contributed by atoms with Crippen molar-refractivity contribution in [1.29, 1.82) is 0 Å². The molecule has 0 fully saturated rings. The van der Waals surface area contributed by atoms with Crippen molar-refractivity contribution in [1.82, 2.24) is 20.1 Å². The molecule has 0 saturated carbocycles. The van der Waals surface area contributed by atoms with Crippen molar-refractivity contribution in [3.63, 3.8) is 0 Å². The number of nitrogens with one attached hydrogen (secondary N) is 1. The highest BCUT2D eigenvalue weighted by atomic mass is 32.1. The number of carbonyl (C=O) groups is 1. The Kier molecular flexibility index (Phi) is 4.66. The summed E-state index contributed by atoms with van der Waals surface area (Å²) in [5.41, 5.74) is 2.39. The van der Waals surface area contributed by atoms with Gasteiger partial charge in [-0.2, -0.15) is 5.10 Å². The summed E-state index contributed by atoms with van der Waals surface area (Å²) in [5.74, 6) is 0.520. The molecule has 1 aromatic carbocycles. The second-order valence-electron chi connectivity index (χ2n) is 6.59. The fourth-order valence-electron chi connectivity index (χ4n) is 2.41. The highest BCUT2D eigenvalue weighted by Crippen LogP contribution is 2.27. The Hall–Kier alpha value is -2.21. The van der Waals surface area contributed by atoms with Crippen molar-refractivity contribution in [2.75, 3.05) is 6.54 Å². The molecule has 1 amide bonds. The van der Waals surface area contributed by atoms with E-state index < -0.39 is 0 Å². The number of nitrogens with zero attached hydrogens (tertiary/aromatic N) is 3. The molecular formula is C18H22N4OS. The summed E-state index contributed by atoms with van der Waals surface area (Å²) >= 11 is 1.58. The zero-order valence-electron chi connectivity index (χ0n) is 14.4. The molecular weight excluding hydrogens is 320 g/mol. The Morgan fingerprint density at radius 2 is 2.00 bits per heavy atom. The third kappa shape index (κ3) is 3.33. The predicted octanol–water partition coefficient (Wildman–Crippen LogP) is 3.99. The summed E-state index contributed by atoms with van der Waals surface area (Å²) in [5, 5.41) is 8.25. The first-order valence-electron chi connectivity index (χ1n) is 8.19. The minimum atomic E-state index is -0.134. The van der Waals surface area contributed by atoms with Crippen LogP contribution in [0.25, 0.3) is 15.3 Å². The van der Waals surface area contributed by atoms with E-state index >= 15 is 0 Å². The number of fused-ring (bicyclic) bond motifs is 1. The van der Waals surface area contributed by atoms with Crippen molar-refractivity contribution in [3.05, 3.63) is 41.7 Å². The quantitative estimate of drug-likeness (QED) is 0.762. The van der Waals surface area contributed by atoms with Gasteiger partial charge in [-0.05, 0) is 30.0 Å². The van der Waals surface area contributed by atoms with Gasteiger partial charge in [-0.1, -0.05) is 51.2 Å². The summed E-state index contributed by atoms with van der Waals surface area (Å²) in [6.07, 6.45) is 0. The Bertz CT molecular complexity index is 830. The lowest BCUT2D eigenvalue weighted by molar-refractivity contribution is 0.0943. The SMILES string of the molecule is CC(C)CNC(=O)c1cc(C(C)C)n(-c2nc3ccccc3s2)n1. The Balaban J connectivity index is 1.98. The first-order chi connectivity index (χ1) is 11.5. The summed E-state index contributed by atoms with van der Waals surface area (Å²) in [6, 6.07) is 9.88. The van der Waals surface area contributed by atoms with Crippen LogP contribution in [0.3, 0.4) is 0 Å². The minimum absolute atomic E-state index is 0.134. The summed E-state index contributed by atoms with van der Waals surface area (Å²) in [4.78, 5) is 17.0. The molecule has 2 aromatic heterocycles. The minimum Gasteiger partial charge on any atom is -0.350 e. The first-order valence-corrected chi connectivity index (χ1v) is 9.01. The summed E-state index contributed by atoms with van der Waals surface area (Å²) in [7, 11) is 0. The number of benzene rings is 1. The molecule has 126 valence electrons. The van der Waals surface area contributed by atoms with E-state index in [0.29, 0.717) is 18.2 Å². The van der Waals surface area contributed by atoms with Gasteiger partial charge in [-0.3, -0.25) is 4.79 Å². The van der Waals surface area contributed by atoms with Crippen LogP contribution >= 0.6 is 11.3 Å². The fourth-order valence-corrected chi connectivity index (χ4v) is 3.35. The van der Waals surface area contributed by atoms with Crippen LogP contribution in [0.1, 0.15) is 49.8 Å². The molecule has 24 heavy (non-hydrogen) atoms. The Morgan fingerprint density at radius 3 is 2.67 bits per heavy atom. The molecule has 0 saturated heterocycles. The zero-order chi connectivity index (χ0) is 17.3. The molecule has 5 nitrogen and oxygen atoms in total. The van der Waals surface area contributed by atoms with E-state index in [9.17, 15) is 4.79 Å². The lowest BCUT2D eigenvalue weighted by Gasteiger charge is -2.06. The molecule has 0 aliphatic heterocycles. The average Bonchev–Trinajstić information content (AvgIpc) is 3.16.